The molecule has 1 aromatic carbocycles. The molecule has 1 aromatic heterocycles. The number of nitrogens with zero attached hydrogens (tertiary/aromatic N) is 1. The maximum atomic E-state index is 13.3. The molecule has 0 radical (unpaired) electrons. The summed E-state index contributed by atoms with van der Waals surface area (Å²) in [6.07, 6.45) is 1.73. The molecule has 1 saturated carbocycles. The summed E-state index contributed by atoms with van der Waals surface area (Å²) in [6, 6.07) is 8.50. The van der Waals surface area contributed by atoms with E-state index in [1.807, 2.05) is 0 Å². The third-order valence-corrected chi connectivity index (χ3v) is 4.86. The monoisotopic (exact) mass is 388 g/mol. The van der Waals surface area contributed by atoms with Crippen LogP contribution in [0.4, 0.5) is 14.6 Å². The lowest BCUT2D eigenvalue weighted by atomic mass is 9.85. The molecule has 0 atom stereocenters. The molecule has 28 heavy (non-hydrogen) atoms. The SMILES string of the molecule is C=CC(=O)NCc1ccc(C(=O)Nc2cc(C3CCC(F)(F)CC3)[nH]n2)cc1. The minimum absolute atomic E-state index is 0.00263. The summed E-state index contributed by atoms with van der Waals surface area (Å²) in [4.78, 5) is 23.5. The summed E-state index contributed by atoms with van der Waals surface area (Å²) in [5.74, 6) is -2.80. The summed E-state index contributed by atoms with van der Waals surface area (Å²) < 4.78 is 26.6. The van der Waals surface area contributed by atoms with E-state index in [-0.39, 0.29) is 30.6 Å². The number of carbonyl (C=O) groups excluding carboxylic acids is 2. The van der Waals surface area contributed by atoms with Crippen LogP contribution in [-0.2, 0) is 11.3 Å². The van der Waals surface area contributed by atoms with Gasteiger partial charge < -0.3 is 10.6 Å². The molecule has 0 spiro atoms. The highest BCUT2D eigenvalue weighted by atomic mass is 19.3. The van der Waals surface area contributed by atoms with Crippen molar-refractivity contribution >= 4 is 17.6 Å². The first kappa shape index (κ1) is 19.7. The van der Waals surface area contributed by atoms with Gasteiger partial charge in [0.1, 0.15) is 0 Å². The van der Waals surface area contributed by atoms with Crippen LogP contribution in [0.15, 0.2) is 43.0 Å². The Morgan fingerprint density at radius 2 is 1.93 bits per heavy atom. The fourth-order valence-corrected chi connectivity index (χ4v) is 3.18. The van der Waals surface area contributed by atoms with Crippen molar-refractivity contribution in [2.75, 3.05) is 5.32 Å². The van der Waals surface area contributed by atoms with Crippen LogP contribution in [-0.4, -0.2) is 27.9 Å². The topological polar surface area (TPSA) is 86.9 Å². The zero-order chi connectivity index (χ0) is 20.1. The van der Waals surface area contributed by atoms with Crippen molar-refractivity contribution in [1.29, 1.82) is 0 Å². The molecule has 3 N–H and O–H groups in total. The van der Waals surface area contributed by atoms with Gasteiger partial charge in [-0.3, -0.25) is 14.7 Å². The molecular formula is C20H22F2N4O2. The van der Waals surface area contributed by atoms with Crippen LogP contribution in [0.25, 0.3) is 0 Å². The summed E-state index contributed by atoms with van der Waals surface area (Å²) in [6.45, 7) is 3.72. The van der Waals surface area contributed by atoms with Gasteiger partial charge in [-0.05, 0) is 36.6 Å². The molecule has 8 heteroatoms. The van der Waals surface area contributed by atoms with Crippen LogP contribution in [0.5, 0.6) is 0 Å². The summed E-state index contributed by atoms with van der Waals surface area (Å²) in [5, 5.41) is 12.3. The summed E-state index contributed by atoms with van der Waals surface area (Å²) in [7, 11) is 0. The zero-order valence-electron chi connectivity index (χ0n) is 15.3. The van der Waals surface area contributed by atoms with Crippen molar-refractivity contribution < 1.29 is 18.4 Å². The Kier molecular flexibility index (Phi) is 5.87. The maximum Gasteiger partial charge on any atom is 0.256 e. The fourth-order valence-electron chi connectivity index (χ4n) is 3.18. The van der Waals surface area contributed by atoms with E-state index in [1.54, 1.807) is 30.3 Å². The first-order valence-corrected chi connectivity index (χ1v) is 9.10. The van der Waals surface area contributed by atoms with Gasteiger partial charge in [0.2, 0.25) is 11.8 Å². The number of aromatic nitrogens is 2. The number of halogens is 2. The molecule has 1 heterocycles. The average Bonchev–Trinajstić information content (AvgIpc) is 3.14. The molecular weight excluding hydrogens is 366 g/mol. The van der Waals surface area contributed by atoms with E-state index in [4.69, 9.17) is 0 Å². The van der Waals surface area contributed by atoms with Gasteiger partial charge in [-0.1, -0.05) is 18.7 Å². The van der Waals surface area contributed by atoms with E-state index in [0.717, 1.165) is 11.3 Å². The third kappa shape index (κ3) is 5.03. The number of nitrogens with one attached hydrogen (secondary N) is 3. The van der Waals surface area contributed by atoms with Gasteiger partial charge in [0.25, 0.3) is 5.91 Å². The van der Waals surface area contributed by atoms with Gasteiger partial charge in [0.15, 0.2) is 5.82 Å². The lowest BCUT2D eigenvalue weighted by Gasteiger charge is -2.27. The minimum Gasteiger partial charge on any atom is -0.348 e. The van der Waals surface area contributed by atoms with Crippen molar-refractivity contribution in [2.24, 2.45) is 0 Å². The van der Waals surface area contributed by atoms with E-state index in [2.05, 4.69) is 27.4 Å². The standard InChI is InChI=1S/C20H22F2N4O2/c1-2-18(27)23-12-13-3-5-15(6-4-13)19(28)24-17-11-16(25-26-17)14-7-9-20(21,22)10-8-14/h2-6,11,14H,1,7-10,12H2,(H,23,27)(H2,24,25,26,28). The van der Waals surface area contributed by atoms with Gasteiger partial charge in [-0.25, -0.2) is 8.78 Å². The number of amides is 2. The van der Waals surface area contributed by atoms with Crippen molar-refractivity contribution in [3.63, 3.8) is 0 Å². The number of H-pyrrole nitrogens is 1. The molecule has 1 fully saturated rings. The third-order valence-electron chi connectivity index (χ3n) is 4.86. The van der Waals surface area contributed by atoms with Crippen molar-refractivity contribution in [3.05, 3.63) is 59.8 Å². The molecule has 1 aliphatic carbocycles. The van der Waals surface area contributed by atoms with Crippen molar-refractivity contribution in [3.8, 4) is 0 Å². The maximum absolute atomic E-state index is 13.3. The number of benzene rings is 1. The van der Waals surface area contributed by atoms with Crippen molar-refractivity contribution in [1.82, 2.24) is 15.5 Å². The number of anilines is 1. The fraction of sp³-hybridized carbons (Fsp3) is 0.350. The molecule has 0 bridgehead atoms. The molecule has 148 valence electrons. The largest absolute Gasteiger partial charge is 0.348 e. The number of hydrogen-bond acceptors (Lipinski definition) is 3. The summed E-state index contributed by atoms with van der Waals surface area (Å²) in [5.41, 5.74) is 2.06. The minimum atomic E-state index is -2.58. The Bertz CT molecular complexity index is 851. The first-order valence-electron chi connectivity index (χ1n) is 9.10. The second-order valence-corrected chi connectivity index (χ2v) is 6.91. The predicted octanol–water partition coefficient (Wildman–Crippen LogP) is 3.76. The zero-order valence-corrected chi connectivity index (χ0v) is 15.3. The highest BCUT2D eigenvalue weighted by molar-refractivity contribution is 6.03. The molecule has 1 aliphatic rings. The van der Waals surface area contributed by atoms with Gasteiger partial charge in [-0.2, -0.15) is 5.10 Å². The van der Waals surface area contributed by atoms with E-state index in [9.17, 15) is 18.4 Å². The van der Waals surface area contributed by atoms with E-state index in [1.165, 1.54) is 6.08 Å². The number of hydrogen-bond donors (Lipinski definition) is 3. The van der Waals surface area contributed by atoms with Gasteiger partial charge in [0.05, 0.1) is 0 Å². The van der Waals surface area contributed by atoms with Crippen LogP contribution in [0.3, 0.4) is 0 Å². The average molecular weight is 388 g/mol. The Morgan fingerprint density at radius 1 is 1.25 bits per heavy atom. The Hall–Kier alpha value is -3.03. The number of alkyl halides is 2. The number of carbonyl (C=O) groups is 2. The van der Waals surface area contributed by atoms with Crippen LogP contribution >= 0.6 is 0 Å². The number of rotatable bonds is 6. The first-order chi connectivity index (χ1) is 13.4. The lowest BCUT2D eigenvalue weighted by Crippen LogP contribution is -2.23. The van der Waals surface area contributed by atoms with Crippen LogP contribution < -0.4 is 10.6 Å². The predicted molar refractivity (Wildman–Crippen MR) is 101 cm³/mol. The molecule has 2 aromatic rings. The normalized spacial score (nSPS) is 16.4. The van der Waals surface area contributed by atoms with Gasteiger partial charge in [0, 0.05) is 42.6 Å². The van der Waals surface area contributed by atoms with E-state index in [0.29, 0.717) is 30.8 Å². The second kappa shape index (κ2) is 8.33. The second-order valence-electron chi connectivity index (χ2n) is 6.91. The van der Waals surface area contributed by atoms with Crippen LogP contribution in [0.1, 0.15) is 53.2 Å². The Balaban J connectivity index is 1.56. The quantitative estimate of drug-likeness (QED) is 0.659. The molecule has 2 amide bonds. The molecule has 6 nitrogen and oxygen atoms in total. The lowest BCUT2D eigenvalue weighted by molar-refractivity contribution is -0.116. The smallest absolute Gasteiger partial charge is 0.256 e. The van der Waals surface area contributed by atoms with Crippen LogP contribution in [0, 0.1) is 0 Å². The summed E-state index contributed by atoms with van der Waals surface area (Å²) >= 11 is 0. The molecule has 0 aliphatic heterocycles. The Labute approximate surface area is 161 Å². The van der Waals surface area contributed by atoms with Gasteiger partial charge >= 0.3 is 0 Å². The number of aromatic amines is 1. The highest BCUT2D eigenvalue weighted by Gasteiger charge is 2.35. The van der Waals surface area contributed by atoms with Crippen molar-refractivity contribution in [2.45, 2.75) is 44.1 Å². The molecule has 0 saturated heterocycles. The van der Waals surface area contributed by atoms with Crippen LogP contribution in [0.2, 0.25) is 0 Å². The van der Waals surface area contributed by atoms with Gasteiger partial charge in [-0.15, -0.1) is 0 Å². The Morgan fingerprint density at radius 3 is 2.57 bits per heavy atom. The van der Waals surface area contributed by atoms with E-state index < -0.39 is 5.92 Å². The van der Waals surface area contributed by atoms with E-state index >= 15 is 0 Å². The molecule has 3 rings (SSSR count). The highest BCUT2D eigenvalue weighted by Crippen LogP contribution is 2.40. The molecule has 0 unspecified atom stereocenters.